The number of carbonyl (C=O) groups is 2. The summed E-state index contributed by atoms with van der Waals surface area (Å²) in [5.41, 5.74) is 1.78. The van der Waals surface area contributed by atoms with Gasteiger partial charge in [-0.2, -0.15) is 0 Å². The van der Waals surface area contributed by atoms with Gasteiger partial charge < -0.3 is 35.0 Å². The van der Waals surface area contributed by atoms with Gasteiger partial charge in [0, 0.05) is 49.9 Å². The molecular formula is C24H38N4O5. The fourth-order valence-corrected chi connectivity index (χ4v) is 4.34. The Labute approximate surface area is 196 Å². The number of piperidine rings is 1. The summed E-state index contributed by atoms with van der Waals surface area (Å²) in [5.74, 6) is 0.736. The largest absolute Gasteiger partial charge is 0.490 e. The average molecular weight is 463 g/mol. The summed E-state index contributed by atoms with van der Waals surface area (Å²) in [6, 6.07) is 5.69. The van der Waals surface area contributed by atoms with Crippen LogP contribution in [0.3, 0.4) is 0 Å². The Morgan fingerprint density at radius 2 is 2.03 bits per heavy atom. The van der Waals surface area contributed by atoms with Crippen molar-refractivity contribution < 1.29 is 24.2 Å². The highest BCUT2D eigenvalue weighted by Crippen LogP contribution is 2.31. The number of fused-ring (bicyclic) bond motifs is 1. The van der Waals surface area contributed by atoms with Gasteiger partial charge in [-0.15, -0.1) is 0 Å². The lowest BCUT2D eigenvalue weighted by Gasteiger charge is -2.33. The highest BCUT2D eigenvalue weighted by molar-refractivity contribution is 5.94. The van der Waals surface area contributed by atoms with Crippen molar-refractivity contribution >= 4 is 17.7 Å². The van der Waals surface area contributed by atoms with Crippen LogP contribution in [0.15, 0.2) is 18.2 Å². The fraction of sp³-hybridized carbons (Fsp3) is 0.667. The first-order chi connectivity index (χ1) is 16.0. The second-order valence-corrected chi connectivity index (χ2v) is 8.68. The third kappa shape index (κ3) is 7.87. The molecule has 184 valence electrons. The molecule has 1 fully saturated rings. The number of β-amino-alcohol motifs (C(OH)–C–C–N with tert-alkyl or cyclic N) is 1. The zero-order valence-electron chi connectivity index (χ0n) is 19.8. The van der Waals surface area contributed by atoms with Gasteiger partial charge in [0.1, 0.15) is 25.1 Å². The van der Waals surface area contributed by atoms with Crippen LogP contribution >= 0.6 is 0 Å². The maximum absolute atomic E-state index is 12.0. The van der Waals surface area contributed by atoms with E-state index in [0.29, 0.717) is 31.7 Å². The second kappa shape index (κ2) is 12.8. The number of benzene rings is 1. The van der Waals surface area contributed by atoms with E-state index in [1.165, 1.54) is 0 Å². The van der Waals surface area contributed by atoms with Crippen molar-refractivity contribution in [2.45, 2.75) is 51.7 Å². The summed E-state index contributed by atoms with van der Waals surface area (Å²) in [7, 11) is 0. The third-order valence-corrected chi connectivity index (χ3v) is 6.35. The summed E-state index contributed by atoms with van der Waals surface area (Å²) in [4.78, 5) is 28.0. The van der Waals surface area contributed by atoms with Crippen LogP contribution in [0.5, 0.6) is 5.75 Å². The number of amides is 2. The number of rotatable bonds is 11. The molecule has 0 saturated carbocycles. The monoisotopic (exact) mass is 462 g/mol. The number of nitrogens with zero attached hydrogens (tertiary/aromatic N) is 2. The number of likely N-dealkylation sites (tertiary alicyclic amines) is 1. The number of carbonyl (C=O) groups excluding carboxylic acids is 2. The minimum atomic E-state index is -0.617. The molecule has 3 N–H and O–H groups in total. The number of hydrogen-bond acceptors (Lipinski definition) is 7. The number of aliphatic hydroxyl groups is 1. The van der Waals surface area contributed by atoms with Gasteiger partial charge in [0.2, 0.25) is 5.91 Å². The molecule has 2 aliphatic rings. The normalized spacial score (nSPS) is 17.9. The Morgan fingerprint density at radius 1 is 1.27 bits per heavy atom. The van der Waals surface area contributed by atoms with Crippen molar-refractivity contribution in [3.05, 3.63) is 23.8 Å². The number of ether oxygens (including phenoxy) is 2. The lowest BCUT2D eigenvalue weighted by Crippen LogP contribution is -2.47. The third-order valence-electron chi connectivity index (χ3n) is 6.35. The second-order valence-electron chi connectivity index (χ2n) is 8.68. The molecule has 2 heterocycles. The van der Waals surface area contributed by atoms with E-state index in [0.717, 1.165) is 56.8 Å². The van der Waals surface area contributed by atoms with Crippen molar-refractivity contribution in [2.24, 2.45) is 0 Å². The quantitative estimate of drug-likeness (QED) is 0.461. The molecule has 2 amide bonds. The zero-order valence-corrected chi connectivity index (χ0v) is 19.8. The molecule has 0 aromatic heterocycles. The molecule has 9 heteroatoms. The minimum Gasteiger partial charge on any atom is -0.490 e. The van der Waals surface area contributed by atoms with Gasteiger partial charge in [0.15, 0.2) is 0 Å². The zero-order chi connectivity index (χ0) is 23.6. The van der Waals surface area contributed by atoms with Gasteiger partial charge in [-0.1, -0.05) is 19.9 Å². The van der Waals surface area contributed by atoms with Crippen LogP contribution in [0.25, 0.3) is 0 Å². The summed E-state index contributed by atoms with van der Waals surface area (Å²) in [6.45, 7) is 9.54. The summed E-state index contributed by atoms with van der Waals surface area (Å²) >= 11 is 0. The molecule has 9 nitrogen and oxygen atoms in total. The average Bonchev–Trinajstić information content (AvgIpc) is 2.81. The molecule has 0 spiro atoms. The standard InChI is InChI=1S/C24H38N4O5/c1-3-27(4-2)14-15-32-24(31)25-18-10-12-28(13-11-18)16-19(29)17-33-22-7-5-6-21-20(22)8-9-23(30)26-21/h5-7,18-19,29H,3-4,8-17H2,1-2H3,(H,25,31)(H,26,30). The van der Waals surface area contributed by atoms with Gasteiger partial charge in [0.25, 0.3) is 0 Å². The minimum absolute atomic E-state index is 0.0190. The van der Waals surface area contributed by atoms with E-state index in [4.69, 9.17) is 9.47 Å². The summed E-state index contributed by atoms with van der Waals surface area (Å²) in [6.07, 6.45) is 1.77. The van der Waals surface area contributed by atoms with Crippen LogP contribution in [0.1, 0.15) is 38.7 Å². The molecule has 2 aliphatic heterocycles. The van der Waals surface area contributed by atoms with Crippen LogP contribution in [-0.4, -0.2) is 91.5 Å². The molecule has 1 aromatic rings. The first-order valence-corrected chi connectivity index (χ1v) is 12.1. The van der Waals surface area contributed by atoms with Gasteiger partial charge in [-0.3, -0.25) is 4.79 Å². The summed E-state index contributed by atoms with van der Waals surface area (Å²) in [5, 5.41) is 16.3. The number of alkyl carbamates (subject to hydrolysis) is 1. The van der Waals surface area contributed by atoms with E-state index in [-0.39, 0.29) is 24.6 Å². The Bertz CT molecular complexity index is 778. The van der Waals surface area contributed by atoms with Crippen molar-refractivity contribution in [1.29, 1.82) is 0 Å². The molecular weight excluding hydrogens is 424 g/mol. The maximum atomic E-state index is 12.0. The van der Waals surface area contributed by atoms with Gasteiger partial charge in [-0.25, -0.2) is 4.79 Å². The van der Waals surface area contributed by atoms with E-state index in [9.17, 15) is 14.7 Å². The van der Waals surface area contributed by atoms with Crippen molar-refractivity contribution in [2.75, 3.05) is 57.8 Å². The predicted molar refractivity (Wildman–Crippen MR) is 127 cm³/mol. The predicted octanol–water partition coefficient (Wildman–Crippen LogP) is 1.84. The molecule has 3 rings (SSSR count). The molecule has 1 unspecified atom stereocenters. The van der Waals surface area contributed by atoms with Crippen LogP contribution in [-0.2, 0) is 16.0 Å². The number of hydrogen-bond donors (Lipinski definition) is 3. The lowest BCUT2D eigenvalue weighted by molar-refractivity contribution is -0.116. The Morgan fingerprint density at radius 3 is 2.76 bits per heavy atom. The first-order valence-electron chi connectivity index (χ1n) is 12.1. The summed E-state index contributed by atoms with van der Waals surface area (Å²) < 4.78 is 11.2. The number of aliphatic hydroxyl groups excluding tert-OH is 1. The first kappa shape index (κ1) is 25.3. The van der Waals surface area contributed by atoms with Crippen LogP contribution < -0.4 is 15.4 Å². The Hall–Kier alpha value is -2.36. The smallest absolute Gasteiger partial charge is 0.407 e. The molecule has 1 saturated heterocycles. The highest BCUT2D eigenvalue weighted by atomic mass is 16.5. The molecule has 1 atom stereocenters. The van der Waals surface area contributed by atoms with Gasteiger partial charge in [-0.05, 0) is 44.5 Å². The number of anilines is 1. The van der Waals surface area contributed by atoms with E-state index in [1.54, 1.807) is 0 Å². The molecule has 0 aliphatic carbocycles. The van der Waals surface area contributed by atoms with Crippen molar-refractivity contribution in [1.82, 2.24) is 15.1 Å². The molecule has 0 bridgehead atoms. The Balaban J connectivity index is 1.33. The fourth-order valence-electron chi connectivity index (χ4n) is 4.34. The van der Waals surface area contributed by atoms with Crippen LogP contribution in [0, 0.1) is 0 Å². The number of likely N-dealkylation sites (N-methyl/N-ethyl adjacent to an activating group) is 1. The van der Waals surface area contributed by atoms with Gasteiger partial charge >= 0.3 is 6.09 Å². The highest BCUT2D eigenvalue weighted by Gasteiger charge is 2.24. The van der Waals surface area contributed by atoms with E-state index >= 15 is 0 Å². The molecule has 33 heavy (non-hydrogen) atoms. The lowest BCUT2D eigenvalue weighted by atomic mass is 10.0. The van der Waals surface area contributed by atoms with E-state index in [1.807, 2.05) is 18.2 Å². The van der Waals surface area contributed by atoms with Crippen molar-refractivity contribution in [3.63, 3.8) is 0 Å². The molecule has 1 aromatic carbocycles. The molecule has 0 radical (unpaired) electrons. The van der Waals surface area contributed by atoms with E-state index in [2.05, 4.69) is 34.3 Å². The van der Waals surface area contributed by atoms with Crippen molar-refractivity contribution in [3.8, 4) is 5.75 Å². The van der Waals surface area contributed by atoms with Crippen LogP contribution in [0.4, 0.5) is 10.5 Å². The van der Waals surface area contributed by atoms with Gasteiger partial charge in [0.05, 0.1) is 0 Å². The topological polar surface area (TPSA) is 103 Å². The van der Waals surface area contributed by atoms with Crippen LogP contribution in [0.2, 0.25) is 0 Å². The Kier molecular flexibility index (Phi) is 9.77. The number of nitrogens with one attached hydrogen (secondary N) is 2. The SMILES string of the molecule is CCN(CC)CCOC(=O)NC1CCN(CC(O)COc2cccc3c2CCC(=O)N3)CC1. The maximum Gasteiger partial charge on any atom is 0.407 e. The van der Waals surface area contributed by atoms with E-state index < -0.39 is 6.10 Å².